The van der Waals surface area contributed by atoms with Gasteiger partial charge in [0, 0.05) is 37.4 Å². The molecule has 0 spiro atoms. The predicted octanol–water partition coefficient (Wildman–Crippen LogP) is 3.46. The monoisotopic (exact) mass is 288 g/mol. The smallest absolute Gasteiger partial charge is 0.126 e. The van der Waals surface area contributed by atoms with Crippen molar-refractivity contribution in [1.82, 2.24) is 5.32 Å². The van der Waals surface area contributed by atoms with E-state index in [1.807, 2.05) is 12.1 Å². The summed E-state index contributed by atoms with van der Waals surface area (Å²) < 4.78 is 26.7. The molecule has 2 aromatic rings. The van der Waals surface area contributed by atoms with Crippen molar-refractivity contribution in [1.29, 1.82) is 0 Å². The van der Waals surface area contributed by atoms with Crippen LogP contribution in [0.25, 0.3) is 0 Å². The van der Waals surface area contributed by atoms with Crippen LogP contribution < -0.4 is 10.2 Å². The molecule has 1 unspecified atom stereocenters. The highest BCUT2D eigenvalue weighted by atomic mass is 19.1. The normalized spacial score (nSPS) is 18.2. The minimum atomic E-state index is -0.528. The molecule has 0 amide bonds. The van der Waals surface area contributed by atoms with E-state index in [1.165, 1.54) is 17.7 Å². The molecule has 0 saturated carbocycles. The van der Waals surface area contributed by atoms with E-state index in [0.29, 0.717) is 18.2 Å². The number of hydrogen-bond donors (Lipinski definition) is 1. The fourth-order valence-corrected chi connectivity index (χ4v) is 2.82. The topological polar surface area (TPSA) is 15.3 Å². The second-order valence-corrected chi connectivity index (χ2v) is 5.57. The highest BCUT2D eigenvalue weighted by Gasteiger charge is 2.19. The van der Waals surface area contributed by atoms with E-state index in [-0.39, 0.29) is 0 Å². The van der Waals surface area contributed by atoms with Crippen molar-refractivity contribution < 1.29 is 8.78 Å². The van der Waals surface area contributed by atoms with E-state index < -0.39 is 11.6 Å². The van der Waals surface area contributed by atoms with Crippen molar-refractivity contribution in [3.8, 4) is 0 Å². The first-order valence-electron chi connectivity index (χ1n) is 7.13. The zero-order valence-electron chi connectivity index (χ0n) is 11.9. The van der Waals surface area contributed by atoms with Crippen LogP contribution >= 0.6 is 0 Å². The lowest BCUT2D eigenvalue weighted by Gasteiger charge is -2.26. The summed E-state index contributed by atoms with van der Waals surface area (Å²) in [5.41, 5.74) is 2.98. The summed E-state index contributed by atoms with van der Waals surface area (Å²) in [7, 11) is 0. The first kappa shape index (κ1) is 14.0. The van der Waals surface area contributed by atoms with E-state index in [1.54, 1.807) is 0 Å². The summed E-state index contributed by atoms with van der Waals surface area (Å²) in [6, 6.07) is 12.2. The van der Waals surface area contributed by atoms with Gasteiger partial charge in [-0.1, -0.05) is 18.2 Å². The van der Waals surface area contributed by atoms with Crippen LogP contribution in [0.3, 0.4) is 0 Å². The molecule has 0 saturated heterocycles. The number of nitrogens with zero attached hydrogens (tertiary/aromatic N) is 1. The average Bonchev–Trinajstić information content (AvgIpc) is 2.58. The third-order valence-electron chi connectivity index (χ3n) is 3.76. The number of rotatable bonds is 2. The summed E-state index contributed by atoms with van der Waals surface area (Å²) in [6.45, 7) is 4.23. The lowest BCUT2D eigenvalue weighted by molar-refractivity contribution is 0.549. The van der Waals surface area contributed by atoms with Crippen molar-refractivity contribution in [2.24, 2.45) is 0 Å². The van der Waals surface area contributed by atoms with Crippen LogP contribution in [0.15, 0.2) is 42.5 Å². The van der Waals surface area contributed by atoms with Crippen molar-refractivity contribution in [3.05, 3.63) is 65.2 Å². The fourth-order valence-electron chi connectivity index (χ4n) is 2.82. The predicted molar refractivity (Wildman–Crippen MR) is 80.2 cm³/mol. The minimum absolute atomic E-state index is 0.316. The van der Waals surface area contributed by atoms with E-state index in [0.717, 1.165) is 24.8 Å². The molecule has 2 nitrogen and oxygen atoms in total. The lowest BCUT2D eigenvalue weighted by atomic mass is 10.1. The minimum Gasteiger partial charge on any atom is -0.365 e. The zero-order valence-corrected chi connectivity index (χ0v) is 11.9. The molecular formula is C17H18F2N2. The molecular weight excluding hydrogens is 270 g/mol. The van der Waals surface area contributed by atoms with Gasteiger partial charge in [-0.05, 0) is 36.2 Å². The molecule has 0 radical (unpaired) electrons. The van der Waals surface area contributed by atoms with Gasteiger partial charge in [0.05, 0.1) is 0 Å². The molecule has 3 rings (SSSR count). The SMILES string of the molecule is CC1CN(Cc2cc(F)cc(F)c2)c2ccccc2CN1. The van der Waals surface area contributed by atoms with Crippen molar-refractivity contribution >= 4 is 5.69 Å². The van der Waals surface area contributed by atoms with Gasteiger partial charge in [-0.2, -0.15) is 0 Å². The maximum atomic E-state index is 13.4. The second kappa shape index (κ2) is 5.82. The molecule has 110 valence electrons. The second-order valence-electron chi connectivity index (χ2n) is 5.57. The number of fused-ring (bicyclic) bond motifs is 1. The van der Waals surface area contributed by atoms with Crippen molar-refractivity contribution in [2.75, 3.05) is 11.4 Å². The Bertz CT molecular complexity index is 622. The number of anilines is 1. The zero-order chi connectivity index (χ0) is 14.8. The number of para-hydroxylation sites is 1. The largest absolute Gasteiger partial charge is 0.365 e. The lowest BCUT2D eigenvalue weighted by Crippen LogP contribution is -2.35. The molecule has 1 atom stereocenters. The Morgan fingerprint density at radius 1 is 1.14 bits per heavy atom. The molecule has 2 aromatic carbocycles. The molecule has 21 heavy (non-hydrogen) atoms. The summed E-state index contributed by atoms with van der Waals surface area (Å²) in [5, 5.41) is 3.45. The van der Waals surface area contributed by atoms with Gasteiger partial charge >= 0.3 is 0 Å². The third kappa shape index (κ3) is 3.22. The summed E-state index contributed by atoms with van der Waals surface area (Å²) >= 11 is 0. The number of halogens is 2. The Morgan fingerprint density at radius 2 is 1.86 bits per heavy atom. The number of nitrogens with one attached hydrogen (secondary N) is 1. The molecule has 1 aliphatic rings. The van der Waals surface area contributed by atoms with Crippen molar-refractivity contribution in [2.45, 2.75) is 26.1 Å². The quantitative estimate of drug-likeness (QED) is 0.910. The molecule has 4 heteroatoms. The van der Waals surface area contributed by atoms with E-state index in [4.69, 9.17) is 0 Å². The summed E-state index contributed by atoms with van der Waals surface area (Å²) in [6.07, 6.45) is 0. The van der Waals surface area contributed by atoms with Crippen LogP contribution in [0.5, 0.6) is 0 Å². The van der Waals surface area contributed by atoms with Gasteiger partial charge in [-0.25, -0.2) is 8.78 Å². The van der Waals surface area contributed by atoms with Crippen LogP contribution in [0.2, 0.25) is 0 Å². The number of benzene rings is 2. The molecule has 1 aliphatic heterocycles. The molecule has 0 fully saturated rings. The molecule has 1 heterocycles. The first-order valence-corrected chi connectivity index (χ1v) is 7.13. The first-order chi connectivity index (χ1) is 10.1. The van der Waals surface area contributed by atoms with Gasteiger partial charge in [0.25, 0.3) is 0 Å². The van der Waals surface area contributed by atoms with Gasteiger partial charge in [-0.3, -0.25) is 0 Å². The Balaban J connectivity index is 1.92. The van der Waals surface area contributed by atoms with Crippen LogP contribution in [0.1, 0.15) is 18.1 Å². The third-order valence-corrected chi connectivity index (χ3v) is 3.76. The molecule has 1 N–H and O–H groups in total. The average molecular weight is 288 g/mol. The van der Waals surface area contributed by atoms with Gasteiger partial charge in [-0.15, -0.1) is 0 Å². The highest BCUT2D eigenvalue weighted by molar-refractivity contribution is 5.55. The van der Waals surface area contributed by atoms with Crippen LogP contribution in [-0.2, 0) is 13.1 Å². The van der Waals surface area contributed by atoms with E-state index >= 15 is 0 Å². The van der Waals surface area contributed by atoms with E-state index in [2.05, 4.69) is 29.3 Å². The molecule has 0 bridgehead atoms. The summed E-state index contributed by atoms with van der Waals surface area (Å²) in [4.78, 5) is 2.17. The molecule has 0 aliphatic carbocycles. The van der Waals surface area contributed by atoms with Crippen LogP contribution in [0.4, 0.5) is 14.5 Å². The Kier molecular flexibility index (Phi) is 3.88. The van der Waals surface area contributed by atoms with Gasteiger partial charge in [0.15, 0.2) is 0 Å². The summed E-state index contributed by atoms with van der Waals surface area (Å²) in [5.74, 6) is -1.06. The van der Waals surface area contributed by atoms with Gasteiger partial charge in [0.1, 0.15) is 11.6 Å². The van der Waals surface area contributed by atoms with Crippen molar-refractivity contribution in [3.63, 3.8) is 0 Å². The Labute approximate surface area is 123 Å². The standard InChI is InChI=1S/C17H18F2N2/c1-12-10-21(11-13-6-15(18)8-16(19)7-13)17-5-3-2-4-14(17)9-20-12/h2-8,12,20H,9-11H2,1H3. The Morgan fingerprint density at radius 3 is 2.62 bits per heavy atom. The van der Waals surface area contributed by atoms with E-state index in [9.17, 15) is 8.78 Å². The Hall–Kier alpha value is -1.94. The number of hydrogen-bond acceptors (Lipinski definition) is 2. The van der Waals surface area contributed by atoms with Crippen LogP contribution in [-0.4, -0.2) is 12.6 Å². The maximum Gasteiger partial charge on any atom is 0.126 e. The maximum absolute atomic E-state index is 13.4. The molecule has 0 aromatic heterocycles. The van der Waals surface area contributed by atoms with Crippen LogP contribution in [0, 0.1) is 11.6 Å². The van der Waals surface area contributed by atoms with Gasteiger partial charge in [0.2, 0.25) is 0 Å². The fraction of sp³-hybridized carbons (Fsp3) is 0.294. The van der Waals surface area contributed by atoms with Gasteiger partial charge < -0.3 is 10.2 Å². The highest BCUT2D eigenvalue weighted by Crippen LogP contribution is 2.25.